The van der Waals surface area contributed by atoms with Crippen molar-refractivity contribution in [3.63, 3.8) is 0 Å². The van der Waals surface area contributed by atoms with Crippen molar-refractivity contribution in [1.82, 2.24) is 4.90 Å². The third-order valence-corrected chi connectivity index (χ3v) is 3.02. The average Bonchev–Trinajstić information content (AvgIpc) is 3.19. The van der Waals surface area contributed by atoms with Crippen LogP contribution >= 0.6 is 0 Å². The van der Waals surface area contributed by atoms with Crippen LogP contribution < -0.4 is 10.5 Å². The fourth-order valence-corrected chi connectivity index (χ4v) is 1.94. The number of carbonyl (C=O) groups excluding carboxylic acids is 1. The van der Waals surface area contributed by atoms with Crippen molar-refractivity contribution in [1.29, 1.82) is 0 Å². The van der Waals surface area contributed by atoms with Gasteiger partial charge in [0.15, 0.2) is 0 Å². The van der Waals surface area contributed by atoms with Crippen LogP contribution in [0.1, 0.15) is 18.4 Å². The van der Waals surface area contributed by atoms with Crippen LogP contribution in [0.2, 0.25) is 0 Å². The highest BCUT2D eigenvalue weighted by Gasteiger charge is 2.32. The molecule has 0 unspecified atom stereocenters. The van der Waals surface area contributed by atoms with E-state index in [1.54, 1.807) is 7.11 Å². The first-order chi connectivity index (χ1) is 8.26. The van der Waals surface area contributed by atoms with Gasteiger partial charge in [0.05, 0.1) is 13.7 Å². The van der Waals surface area contributed by atoms with Crippen LogP contribution in [0, 0.1) is 0 Å². The minimum atomic E-state index is 0.0124. The second-order valence-electron chi connectivity index (χ2n) is 4.27. The number of methoxy groups -OCH3 is 1. The van der Waals surface area contributed by atoms with E-state index in [9.17, 15) is 4.79 Å². The molecule has 0 atom stereocenters. The smallest absolute Gasteiger partial charge is 0.236 e. The lowest BCUT2D eigenvalue weighted by atomic mass is 10.2. The Morgan fingerprint density at radius 2 is 2.18 bits per heavy atom. The molecule has 0 spiro atoms. The zero-order chi connectivity index (χ0) is 12.3. The van der Waals surface area contributed by atoms with Crippen molar-refractivity contribution in [2.45, 2.75) is 25.4 Å². The summed E-state index contributed by atoms with van der Waals surface area (Å²) in [5.41, 5.74) is 6.47. The first-order valence-electron chi connectivity index (χ1n) is 5.87. The second kappa shape index (κ2) is 5.19. The molecule has 1 fully saturated rings. The fraction of sp³-hybridized carbons (Fsp3) is 0.462. The van der Waals surface area contributed by atoms with Gasteiger partial charge in [0.2, 0.25) is 5.91 Å². The molecule has 1 amide bonds. The van der Waals surface area contributed by atoms with E-state index in [0.29, 0.717) is 12.6 Å². The number of amides is 1. The summed E-state index contributed by atoms with van der Waals surface area (Å²) in [4.78, 5) is 13.6. The lowest BCUT2D eigenvalue weighted by Crippen LogP contribution is -2.37. The van der Waals surface area contributed by atoms with Gasteiger partial charge < -0.3 is 15.4 Å². The van der Waals surface area contributed by atoms with E-state index in [1.807, 2.05) is 29.2 Å². The molecule has 0 radical (unpaired) electrons. The Labute approximate surface area is 101 Å². The van der Waals surface area contributed by atoms with Crippen LogP contribution in [0.25, 0.3) is 0 Å². The molecule has 0 bridgehead atoms. The molecule has 2 rings (SSSR count). The van der Waals surface area contributed by atoms with Gasteiger partial charge in [-0.1, -0.05) is 18.2 Å². The Bertz CT molecular complexity index is 402. The standard InChI is InChI=1S/C13H18N2O2/c1-17-12-5-3-2-4-10(12)9-15(11-6-7-11)13(16)8-14/h2-5,11H,6-9,14H2,1H3. The molecule has 0 aliphatic heterocycles. The normalized spacial score (nSPS) is 14.5. The lowest BCUT2D eigenvalue weighted by Gasteiger charge is -2.22. The molecule has 1 aromatic rings. The van der Waals surface area contributed by atoms with E-state index >= 15 is 0 Å². The van der Waals surface area contributed by atoms with E-state index in [1.165, 1.54) is 0 Å². The Hall–Kier alpha value is -1.55. The summed E-state index contributed by atoms with van der Waals surface area (Å²) in [6.45, 7) is 0.663. The predicted molar refractivity (Wildman–Crippen MR) is 65.6 cm³/mol. The van der Waals surface area contributed by atoms with Crippen LogP contribution in [0.15, 0.2) is 24.3 Å². The third-order valence-electron chi connectivity index (χ3n) is 3.02. The second-order valence-corrected chi connectivity index (χ2v) is 4.27. The van der Waals surface area contributed by atoms with Crippen molar-refractivity contribution in [2.24, 2.45) is 5.73 Å². The van der Waals surface area contributed by atoms with Crippen LogP contribution in [0.5, 0.6) is 5.75 Å². The number of ether oxygens (including phenoxy) is 1. The zero-order valence-electron chi connectivity index (χ0n) is 10.1. The Balaban J connectivity index is 2.14. The molecule has 0 heterocycles. The molecule has 1 saturated carbocycles. The molecule has 1 aliphatic rings. The van der Waals surface area contributed by atoms with E-state index in [2.05, 4.69) is 0 Å². The van der Waals surface area contributed by atoms with Gasteiger partial charge in [0, 0.05) is 18.2 Å². The molecule has 2 N–H and O–H groups in total. The minimum Gasteiger partial charge on any atom is -0.496 e. The number of benzene rings is 1. The van der Waals surface area contributed by atoms with Gasteiger partial charge in [-0.2, -0.15) is 0 Å². The molecule has 0 aromatic heterocycles. The largest absolute Gasteiger partial charge is 0.496 e. The molecule has 1 aromatic carbocycles. The summed E-state index contributed by atoms with van der Waals surface area (Å²) < 4.78 is 5.29. The van der Waals surface area contributed by atoms with Gasteiger partial charge in [-0.25, -0.2) is 0 Å². The van der Waals surface area contributed by atoms with Gasteiger partial charge in [0.1, 0.15) is 5.75 Å². The Morgan fingerprint density at radius 3 is 2.76 bits per heavy atom. The average molecular weight is 234 g/mol. The summed E-state index contributed by atoms with van der Waals surface area (Å²) in [5, 5.41) is 0. The fourth-order valence-electron chi connectivity index (χ4n) is 1.94. The predicted octanol–water partition coefficient (Wildman–Crippen LogP) is 1.14. The van der Waals surface area contributed by atoms with E-state index in [0.717, 1.165) is 24.2 Å². The van der Waals surface area contributed by atoms with Crippen molar-refractivity contribution in [3.8, 4) is 5.75 Å². The molecular weight excluding hydrogens is 216 g/mol. The quantitative estimate of drug-likeness (QED) is 0.831. The van der Waals surface area contributed by atoms with Crippen molar-refractivity contribution < 1.29 is 9.53 Å². The van der Waals surface area contributed by atoms with Gasteiger partial charge >= 0.3 is 0 Å². The number of para-hydroxylation sites is 1. The highest BCUT2D eigenvalue weighted by Crippen LogP contribution is 2.30. The molecule has 4 nitrogen and oxygen atoms in total. The SMILES string of the molecule is COc1ccccc1CN(C(=O)CN)C1CC1. The summed E-state index contributed by atoms with van der Waals surface area (Å²) in [6, 6.07) is 8.14. The summed E-state index contributed by atoms with van der Waals surface area (Å²) in [6.07, 6.45) is 2.17. The molecule has 17 heavy (non-hydrogen) atoms. The Morgan fingerprint density at radius 1 is 1.47 bits per heavy atom. The zero-order valence-corrected chi connectivity index (χ0v) is 10.1. The van der Waals surface area contributed by atoms with Crippen LogP contribution in [-0.4, -0.2) is 30.5 Å². The first-order valence-corrected chi connectivity index (χ1v) is 5.87. The minimum absolute atomic E-state index is 0.0124. The molecular formula is C13H18N2O2. The maximum absolute atomic E-state index is 11.8. The van der Waals surface area contributed by atoms with E-state index in [-0.39, 0.29) is 12.5 Å². The monoisotopic (exact) mass is 234 g/mol. The van der Waals surface area contributed by atoms with Crippen LogP contribution in [-0.2, 0) is 11.3 Å². The highest BCUT2D eigenvalue weighted by molar-refractivity contribution is 5.78. The van der Waals surface area contributed by atoms with E-state index in [4.69, 9.17) is 10.5 Å². The van der Waals surface area contributed by atoms with Crippen molar-refractivity contribution >= 4 is 5.91 Å². The summed E-state index contributed by atoms with van der Waals surface area (Å²) >= 11 is 0. The number of rotatable bonds is 5. The van der Waals surface area contributed by atoms with Crippen molar-refractivity contribution in [3.05, 3.63) is 29.8 Å². The maximum atomic E-state index is 11.8. The number of nitrogens with two attached hydrogens (primary N) is 1. The first kappa shape index (κ1) is 11.9. The molecule has 92 valence electrons. The molecule has 4 heteroatoms. The van der Waals surface area contributed by atoms with Gasteiger partial charge in [-0.15, -0.1) is 0 Å². The summed E-state index contributed by atoms with van der Waals surface area (Å²) in [7, 11) is 1.64. The van der Waals surface area contributed by atoms with E-state index < -0.39 is 0 Å². The molecule has 1 aliphatic carbocycles. The number of carbonyl (C=O) groups is 1. The number of nitrogens with zero attached hydrogens (tertiary/aromatic N) is 1. The number of hydrogen-bond donors (Lipinski definition) is 1. The summed E-state index contributed by atoms with van der Waals surface area (Å²) in [5.74, 6) is 0.835. The van der Waals surface area contributed by atoms with Crippen LogP contribution in [0.4, 0.5) is 0 Å². The third kappa shape index (κ3) is 2.77. The number of hydrogen-bond acceptors (Lipinski definition) is 3. The van der Waals surface area contributed by atoms with Gasteiger partial charge in [-0.05, 0) is 18.9 Å². The van der Waals surface area contributed by atoms with Gasteiger partial charge in [0.25, 0.3) is 0 Å². The Kier molecular flexibility index (Phi) is 3.64. The topological polar surface area (TPSA) is 55.6 Å². The highest BCUT2D eigenvalue weighted by atomic mass is 16.5. The lowest BCUT2D eigenvalue weighted by molar-refractivity contribution is -0.130. The maximum Gasteiger partial charge on any atom is 0.236 e. The van der Waals surface area contributed by atoms with Gasteiger partial charge in [-0.3, -0.25) is 4.79 Å². The molecule has 0 saturated heterocycles. The van der Waals surface area contributed by atoms with Crippen LogP contribution in [0.3, 0.4) is 0 Å². The van der Waals surface area contributed by atoms with Crippen molar-refractivity contribution in [2.75, 3.05) is 13.7 Å².